The molecule has 0 saturated carbocycles. The minimum absolute atomic E-state index is 0.245. The van der Waals surface area contributed by atoms with Crippen LogP contribution in [0.4, 0.5) is 0 Å². The molecule has 104 valence electrons. The summed E-state index contributed by atoms with van der Waals surface area (Å²) in [7, 11) is 0. The predicted octanol–water partition coefficient (Wildman–Crippen LogP) is 2.99. The van der Waals surface area contributed by atoms with Crippen LogP contribution in [-0.2, 0) is 13.1 Å². The molecule has 4 nitrogen and oxygen atoms in total. The second kappa shape index (κ2) is 6.88. The van der Waals surface area contributed by atoms with E-state index in [9.17, 15) is 0 Å². The Hall–Kier alpha value is -0.900. The molecule has 0 radical (unpaired) electrons. The van der Waals surface area contributed by atoms with Gasteiger partial charge in [-0.1, -0.05) is 34.6 Å². The van der Waals surface area contributed by atoms with E-state index in [0.717, 1.165) is 38.2 Å². The van der Waals surface area contributed by atoms with E-state index in [1.54, 1.807) is 6.33 Å². The summed E-state index contributed by atoms with van der Waals surface area (Å²) in [5, 5.41) is 7.98. The fourth-order valence-electron chi connectivity index (χ4n) is 2.31. The van der Waals surface area contributed by atoms with Crippen LogP contribution >= 0.6 is 0 Å². The van der Waals surface area contributed by atoms with Crippen LogP contribution in [0.25, 0.3) is 0 Å². The van der Waals surface area contributed by atoms with Gasteiger partial charge in [-0.25, -0.2) is 9.67 Å². The lowest BCUT2D eigenvalue weighted by atomic mass is 9.90. The van der Waals surface area contributed by atoms with Crippen molar-refractivity contribution in [1.82, 2.24) is 20.1 Å². The molecule has 0 amide bonds. The van der Waals surface area contributed by atoms with Gasteiger partial charge in [0.25, 0.3) is 0 Å². The first kappa shape index (κ1) is 15.2. The largest absolute Gasteiger partial charge is 0.304 e. The minimum atomic E-state index is 0.245. The van der Waals surface area contributed by atoms with Gasteiger partial charge in [0.05, 0.1) is 6.54 Å². The zero-order chi connectivity index (χ0) is 13.6. The predicted molar refractivity (Wildman–Crippen MR) is 75.3 cm³/mol. The van der Waals surface area contributed by atoms with Crippen molar-refractivity contribution in [2.45, 2.75) is 72.5 Å². The molecule has 0 spiro atoms. The van der Waals surface area contributed by atoms with Crippen LogP contribution in [0, 0.1) is 5.92 Å². The van der Waals surface area contributed by atoms with Crippen LogP contribution in [0.5, 0.6) is 0 Å². The third-order valence-corrected chi connectivity index (χ3v) is 3.89. The first-order chi connectivity index (χ1) is 8.56. The summed E-state index contributed by atoms with van der Waals surface area (Å²) in [5.41, 5.74) is 0.245. The first-order valence-electron chi connectivity index (χ1n) is 7.18. The smallest absolute Gasteiger partial charge is 0.140 e. The molecular weight excluding hydrogens is 224 g/mol. The maximum Gasteiger partial charge on any atom is 0.140 e. The molecule has 0 unspecified atom stereocenters. The Kier molecular flexibility index (Phi) is 5.79. The van der Waals surface area contributed by atoms with Crippen LogP contribution in [0.15, 0.2) is 6.33 Å². The molecule has 1 aromatic rings. The third kappa shape index (κ3) is 3.80. The van der Waals surface area contributed by atoms with Gasteiger partial charge in [0.15, 0.2) is 0 Å². The Balaban J connectivity index is 2.65. The van der Waals surface area contributed by atoms with E-state index in [-0.39, 0.29) is 5.54 Å². The Bertz CT molecular complexity index is 331. The van der Waals surface area contributed by atoms with E-state index < -0.39 is 0 Å². The monoisotopic (exact) mass is 252 g/mol. The topological polar surface area (TPSA) is 42.7 Å². The molecule has 0 aliphatic rings. The van der Waals surface area contributed by atoms with Crippen molar-refractivity contribution in [3.8, 4) is 0 Å². The fourth-order valence-corrected chi connectivity index (χ4v) is 2.31. The molecule has 1 rings (SSSR count). The van der Waals surface area contributed by atoms with Crippen molar-refractivity contribution in [3.05, 3.63) is 12.2 Å². The van der Waals surface area contributed by atoms with Gasteiger partial charge in [-0.2, -0.15) is 5.10 Å². The van der Waals surface area contributed by atoms with E-state index in [0.29, 0.717) is 5.92 Å². The average molecular weight is 252 g/mol. The molecule has 18 heavy (non-hydrogen) atoms. The van der Waals surface area contributed by atoms with Gasteiger partial charge in [0, 0.05) is 12.1 Å². The molecule has 4 heteroatoms. The van der Waals surface area contributed by atoms with E-state index >= 15 is 0 Å². The lowest BCUT2D eigenvalue weighted by Gasteiger charge is -2.31. The Morgan fingerprint density at radius 3 is 2.33 bits per heavy atom. The SMILES string of the molecule is CCC(CC)(CC)NCc1ncnn1CC(C)C. The molecular formula is C14H28N4. The maximum atomic E-state index is 4.36. The van der Waals surface area contributed by atoms with Gasteiger partial charge in [-0.15, -0.1) is 0 Å². The highest BCUT2D eigenvalue weighted by Gasteiger charge is 2.23. The molecule has 1 heterocycles. The quantitative estimate of drug-likeness (QED) is 0.773. The summed E-state index contributed by atoms with van der Waals surface area (Å²) in [4.78, 5) is 4.36. The van der Waals surface area contributed by atoms with Gasteiger partial charge in [-0.3, -0.25) is 0 Å². The Morgan fingerprint density at radius 2 is 1.83 bits per heavy atom. The number of nitrogens with one attached hydrogen (secondary N) is 1. The van der Waals surface area contributed by atoms with E-state index in [4.69, 9.17) is 0 Å². The molecule has 0 aliphatic carbocycles. The average Bonchev–Trinajstić information content (AvgIpc) is 2.78. The van der Waals surface area contributed by atoms with Crippen LogP contribution < -0.4 is 5.32 Å². The van der Waals surface area contributed by atoms with Gasteiger partial charge in [0.2, 0.25) is 0 Å². The van der Waals surface area contributed by atoms with Gasteiger partial charge in [0.1, 0.15) is 12.2 Å². The Labute approximate surface area is 111 Å². The second-order valence-electron chi connectivity index (χ2n) is 5.45. The van der Waals surface area contributed by atoms with Crippen molar-refractivity contribution in [2.75, 3.05) is 0 Å². The van der Waals surface area contributed by atoms with E-state index in [1.807, 2.05) is 4.68 Å². The van der Waals surface area contributed by atoms with E-state index in [1.165, 1.54) is 0 Å². The van der Waals surface area contributed by atoms with Crippen molar-refractivity contribution < 1.29 is 0 Å². The summed E-state index contributed by atoms with van der Waals surface area (Å²) in [5.74, 6) is 1.64. The van der Waals surface area contributed by atoms with Crippen LogP contribution in [-0.4, -0.2) is 20.3 Å². The molecule has 0 aliphatic heterocycles. The summed E-state index contributed by atoms with van der Waals surface area (Å²) >= 11 is 0. The number of nitrogens with zero attached hydrogens (tertiary/aromatic N) is 3. The maximum absolute atomic E-state index is 4.36. The van der Waals surface area contributed by atoms with Gasteiger partial charge >= 0.3 is 0 Å². The molecule has 1 aromatic heterocycles. The Morgan fingerprint density at radius 1 is 1.22 bits per heavy atom. The van der Waals surface area contributed by atoms with Crippen molar-refractivity contribution in [1.29, 1.82) is 0 Å². The highest BCUT2D eigenvalue weighted by atomic mass is 15.3. The van der Waals surface area contributed by atoms with Crippen molar-refractivity contribution in [2.24, 2.45) is 5.92 Å². The van der Waals surface area contributed by atoms with Crippen molar-refractivity contribution >= 4 is 0 Å². The molecule has 0 atom stereocenters. The minimum Gasteiger partial charge on any atom is -0.304 e. The molecule has 0 aromatic carbocycles. The zero-order valence-corrected chi connectivity index (χ0v) is 12.5. The number of rotatable bonds is 8. The fraction of sp³-hybridized carbons (Fsp3) is 0.857. The van der Waals surface area contributed by atoms with Crippen molar-refractivity contribution in [3.63, 3.8) is 0 Å². The molecule has 0 bridgehead atoms. The van der Waals surface area contributed by atoms with Gasteiger partial charge in [-0.05, 0) is 25.2 Å². The summed E-state index contributed by atoms with van der Waals surface area (Å²) in [6, 6.07) is 0. The molecule has 0 fully saturated rings. The molecule has 0 saturated heterocycles. The lowest BCUT2D eigenvalue weighted by Crippen LogP contribution is -2.43. The summed E-state index contributed by atoms with van der Waals surface area (Å²) in [6.07, 6.45) is 5.11. The number of hydrogen-bond acceptors (Lipinski definition) is 3. The lowest BCUT2D eigenvalue weighted by molar-refractivity contribution is 0.281. The van der Waals surface area contributed by atoms with Gasteiger partial charge < -0.3 is 5.32 Å². The molecule has 1 N–H and O–H groups in total. The van der Waals surface area contributed by atoms with E-state index in [2.05, 4.69) is 50.0 Å². The van der Waals surface area contributed by atoms with Crippen LogP contribution in [0.1, 0.15) is 59.7 Å². The highest BCUT2D eigenvalue weighted by molar-refractivity contribution is 4.90. The standard InChI is InChI=1S/C14H28N4/c1-6-14(7-2,8-3)16-9-13-15-11-17-18(13)10-12(4)5/h11-12,16H,6-10H2,1-5H3. The normalized spacial score (nSPS) is 12.3. The van der Waals surface area contributed by atoms with Crippen LogP contribution in [0.3, 0.4) is 0 Å². The number of aromatic nitrogens is 3. The zero-order valence-electron chi connectivity index (χ0n) is 12.5. The van der Waals surface area contributed by atoms with Crippen LogP contribution in [0.2, 0.25) is 0 Å². The number of hydrogen-bond donors (Lipinski definition) is 1. The first-order valence-corrected chi connectivity index (χ1v) is 7.18. The summed E-state index contributed by atoms with van der Waals surface area (Å²) in [6.45, 7) is 12.9. The third-order valence-electron chi connectivity index (χ3n) is 3.89. The summed E-state index contributed by atoms with van der Waals surface area (Å²) < 4.78 is 2.02. The highest BCUT2D eigenvalue weighted by Crippen LogP contribution is 2.19. The second-order valence-corrected chi connectivity index (χ2v) is 5.45.